The summed E-state index contributed by atoms with van der Waals surface area (Å²) in [6.07, 6.45) is 2.77. The predicted octanol–water partition coefficient (Wildman–Crippen LogP) is 7.14. The van der Waals surface area contributed by atoms with Gasteiger partial charge in [0.05, 0.1) is 32.8 Å². The second-order valence-electron chi connectivity index (χ2n) is 11.1. The molecule has 235 valence electrons. The fraction of sp³-hybridized carbons (Fsp3) is 0.613. The number of thioether (sulfide) groups is 1. The first-order valence-corrected chi connectivity index (χ1v) is 18.2. The first-order valence-electron chi connectivity index (χ1n) is 14.4. The highest BCUT2D eigenvalue weighted by molar-refractivity contribution is 8.00. The molecule has 2 aromatic rings. The van der Waals surface area contributed by atoms with E-state index in [4.69, 9.17) is 27.8 Å². The van der Waals surface area contributed by atoms with Crippen LogP contribution in [0.4, 0.5) is 0 Å². The SMILES string of the molecule is CCCOCC(C)(C(C)C)[Si](OC)OC(C)S(=O)(=O)c1cccc(C2CCC(c3cc(OC)c(OC)c(OC)c3)S2)c1. The molecule has 0 amide bonds. The van der Waals surface area contributed by atoms with Gasteiger partial charge in [-0.25, -0.2) is 8.42 Å². The molecule has 4 unspecified atom stereocenters. The molecule has 11 heteroatoms. The second-order valence-corrected chi connectivity index (χ2v) is 17.1. The van der Waals surface area contributed by atoms with Gasteiger partial charge in [-0.05, 0) is 67.5 Å². The van der Waals surface area contributed by atoms with Crippen LogP contribution in [-0.4, -0.2) is 64.8 Å². The van der Waals surface area contributed by atoms with Gasteiger partial charge in [0.1, 0.15) is 0 Å². The van der Waals surface area contributed by atoms with Crippen LogP contribution >= 0.6 is 11.8 Å². The largest absolute Gasteiger partial charge is 0.493 e. The van der Waals surface area contributed by atoms with Crippen molar-refractivity contribution in [3.63, 3.8) is 0 Å². The van der Waals surface area contributed by atoms with Crippen molar-refractivity contribution >= 4 is 30.9 Å². The van der Waals surface area contributed by atoms with Crippen LogP contribution in [-0.2, 0) is 23.4 Å². The zero-order chi connectivity index (χ0) is 31.1. The number of methoxy groups -OCH3 is 3. The molecule has 1 aliphatic heterocycles. The van der Waals surface area contributed by atoms with Gasteiger partial charge in [-0.15, -0.1) is 11.8 Å². The maximum absolute atomic E-state index is 13.8. The maximum Gasteiger partial charge on any atom is 0.394 e. The van der Waals surface area contributed by atoms with Crippen molar-refractivity contribution in [1.82, 2.24) is 0 Å². The van der Waals surface area contributed by atoms with Crippen molar-refractivity contribution < 1.29 is 36.2 Å². The number of benzene rings is 2. The zero-order valence-electron chi connectivity index (χ0n) is 26.4. The molecule has 1 aliphatic rings. The van der Waals surface area contributed by atoms with Gasteiger partial charge in [-0.1, -0.05) is 39.8 Å². The van der Waals surface area contributed by atoms with E-state index in [0.717, 1.165) is 30.4 Å². The van der Waals surface area contributed by atoms with Gasteiger partial charge in [-0.3, -0.25) is 0 Å². The first-order chi connectivity index (χ1) is 20.0. The summed E-state index contributed by atoms with van der Waals surface area (Å²) in [4.78, 5) is 0.260. The van der Waals surface area contributed by atoms with E-state index in [9.17, 15) is 8.42 Å². The maximum atomic E-state index is 13.8. The lowest BCUT2D eigenvalue weighted by Crippen LogP contribution is -2.45. The van der Waals surface area contributed by atoms with E-state index < -0.39 is 29.6 Å². The summed E-state index contributed by atoms with van der Waals surface area (Å²) in [6.45, 7) is 11.0. The second kappa shape index (κ2) is 15.3. The van der Waals surface area contributed by atoms with Gasteiger partial charge in [0, 0.05) is 29.3 Å². The normalized spacial score (nSPS) is 19.6. The average molecular weight is 640 g/mol. The molecule has 0 aliphatic carbocycles. The molecule has 8 nitrogen and oxygen atoms in total. The Balaban J connectivity index is 1.79. The van der Waals surface area contributed by atoms with Gasteiger partial charge in [0.25, 0.3) is 0 Å². The minimum atomic E-state index is -3.77. The molecule has 0 saturated carbocycles. The number of sulfone groups is 1. The molecule has 3 rings (SSSR count). The van der Waals surface area contributed by atoms with Crippen molar-refractivity contribution in [1.29, 1.82) is 0 Å². The highest BCUT2D eigenvalue weighted by Crippen LogP contribution is 2.54. The van der Waals surface area contributed by atoms with Crippen LogP contribution < -0.4 is 14.2 Å². The minimum Gasteiger partial charge on any atom is -0.493 e. The molecule has 0 spiro atoms. The third kappa shape index (κ3) is 7.65. The molecule has 1 heterocycles. The Bertz CT molecular complexity index is 1250. The van der Waals surface area contributed by atoms with Crippen LogP contribution in [0.3, 0.4) is 0 Å². The van der Waals surface area contributed by atoms with E-state index in [0.29, 0.717) is 30.5 Å². The lowest BCUT2D eigenvalue weighted by Gasteiger charge is -2.37. The van der Waals surface area contributed by atoms with E-state index in [-0.39, 0.29) is 21.3 Å². The first kappa shape index (κ1) is 34.7. The molecular formula is C31H47O8S2Si. The van der Waals surface area contributed by atoms with E-state index in [1.807, 2.05) is 36.0 Å². The van der Waals surface area contributed by atoms with Gasteiger partial charge in [0.15, 0.2) is 16.9 Å². The standard InChI is InChI=1S/C31H47O8S2Si/c1-10-16-38-20-31(5,21(2)3)42(37-9)39-22(4)41(32,33)25-13-11-12-23(17-25)28-14-15-29(40-28)24-18-26(34-6)30(36-8)27(19-24)35-7/h11-13,17-19,21-22,28-29H,10,14-16,20H2,1-9H3. The lowest BCUT2D eigenvalue weighted by molar-refractivity contribution is 0.0705. The summed E-state index contributed by atoms with van der Waals surface area (Å²) < 4.78 is 62.1. The van der Waals surface area contributed by atoms with Gasteiger partial charge in [-0.2, -0.15) is 0 Å². The van der Waals surface area contributed by atoms with Crippen molar-refractivity contribution in [2.24, 2.45) is 5.92 Å². The molecular weight excluding hydrogens is 593 g/mol. The summed E-state index contributed by atoms with van der Waals surface area (Å²) in [7, 11) is 0.635. The monoisotopic (exact) mass is 639 g/mol. The lowest BCUT2D eigenvalue weighted by atomic mass is 9.98. The van der Waals surface area contributed by atoms with Crippen LogP contribution in [0.25, 0.3) is 0 Å². The van der Waals surface area contributed by atoms with Gasteiger partial charge >= 0.3 is 9.28 Å². The highest BCUT2D eigenvalue weighted by Gasteiger charge is 2.46. The van der Waals surface area contributed by atoms with Gasteiger partial charge in [0.2, 0.25) is 15.6 Å². The molecule has 4 atom stereocenters. The number of hydrogen-bond acceptors (Lipinski definition) is 9. The summed E-state index contributed by atoms with van der Waals surface area (Å²) in [5.74, 6) is 2.00. The molecule has 2 aromatic carbocycles. The predicted molar refractivity (Wildman–Crippen MR) is 170 cm³/mol. The molecule has 42 heavy (non-hydrogen) atoms. The van der Waals surface area contributed by atoms with Crippen LogP contribution in [0.2, 0.25) is 5.04 Å². The molecule has 0 bridgehead atoms. The summed E-state index contributed by atoms with van der Waals surface area (Å²) in [6, 6.07) is 11.3. The molecule has 0 N–H and O–H groups in total. The quantitative estimate of drug-likeness (QED) is 0.140. The summed E-state index contributed by atoms with van der Waals surface area (Å²) in [5.41, 5.74) is 1.02. The van der Waals surface area contributed by atoms with Crippen molar-refractivity contribution in [3.05, 3.63) is 47.5 Å². The Kier molecular flexibility index (Phi) is 12.6. The number of ether oxygens (including phenoxy) is 4. The highest BCUT2D eigenvalue weighted by atomic mass is 32.2. The van der Waals surface area contributed by atoms with Crippen LogP contribution in [0.1, 0.15) is 75.5 Å². The van der Waals surface area contributed by atoms with E-state index in [1.165, 1.54) is 0 Å². The fourth-order valence-corrected chi connectivity index (χ4v) is 10.1. The van der Waals surface area contributed by atoms with Crippen molar-refractivity contribution in [2.45, 2.75) is 79.8 Å². The Labute approximate surface area is 258 Å². The number of hydrogen-bond donors (Lipinski definition) is 0. The van der Waals surface area contributed by atoms with Gasteiger partial charge < -0.3 is 27.8 Å². The van der Waals surface area contributed by atoms with Crippen LogP contribution in [0.15, 0.2) is 41.3 Å². The molecule has 1 radical (unpaired) electrons. The fourth-order valence-electron chi connectivity index (χ4n) is 5.02. The topological polar surface area (TPSA) is 89.5 Å². The Morgan fingerprint density at radius 3 is 2.10 bits per heavy atom. The van der Waals surface area contributed by atoms with Crippen molar-refractivity contribution in [3.8, 4) is 17.2 Å². The smallest absolute Gasteiger partial charge is 0.394 e. The van der Waals surface area contributed by atoms with E-state index in [1.54, 1.807) is 47.5 Å². The Morgan fingerprint density at radius 2 is 1.57 bits per heavy atom. The zero-order valence-corrected chi connectivity index (χ0v) is 29.0. The summed E-state index contributed by atoms with van der Waals surface area (Å²) >= 11 is 1.82. The van der Waals surface area contributed by atoms with E-state index >= 15 is 0 Å². The molecule has 1 saturated heterocycles. The molecule has 0 aromatic heterocycles. The van der Waals surface area contributed by atoms with E-state index in [2.05, 4.69) is 27.7 Å². The third-order valence-electron chi connectivity index (χ3n) is 8.02. The minimum absolute atomic E-state index is 0.152. The number of rotatable bonds is 16. The van der Waals surface area contributed by atoms with Crippen LogP contribution in [0, 0.1) is 5.92 Å². The third-order valence-corrected chi connectivity index (χ3v) is 14.3. The Morgan fingerprint density at radius 1 is 0.952 bits per heavy atom. The molecule has 1 fully saturated rings. The average Bonchev–Trinajstić information content (AvgIpc) is 3.49. The summed E-state index contributed by atoms with van der Waals surface area (Å²) in [5, 5.41) is -0.0662. The van der Waals surface area contributed by atoms with Crippen LogP contribution in [0.5, 0.6) is 17.2 Å². The van der Waals surface area contributed by atoms with Crippen molar-refractivity contribution in [2.75, 3.05) is 41.7 Å². The Hall–Kier alpha value is -1.76.